The summed E-state index contributed by atoms with van der Waals surface area (Å²) in [5.41, 5.74) is 2.64. The van der Waals surface area contributed by atoms with Gasteiger partial charge in [0.15, 0.2) is 0 Å². The SMILES string of the molecule is Cc1cc(C)cc(N(C)S(=O)(=O)c2ccsc2CO)c1. The lowest BCUT2D eigenvalue weighted by Crippen LogP contribution is -2.27. The van der Waals surface area contributed by atoms with Gasteiger partial charge in [0.2, 0.25) is 0 Å². The van der Waals surface area contributed by atoms with Gasteiger partial charge in [-0.1, -0.05) is 6.07 Å². The van der Waals surface area contributed by atoms with Gasteiger partial charge in [-0.05, 0) is 48.6 Å². The van der Waals surface area contributed by atoms with Crippen molar-refractivity contribution in [1.82, 2.24) is 0 Å². The molecule has 0 saturated carbocycles. The fraction of sp³-hybridized carbons (Fsp3) is 0.286. The van der Waals surface area contributed by atoms with Gasteiger partial charge in [-0.2, -0.15) is 0 Å². The van der Waals surface area contributed by atoms with Crippen molar-refractivity contribution in [3.63, 3.8) is 0 Å². The topological polar surface area (TPSA) is 57.6 Å². The van der Waals surface area contributed by atoms with E-state index >= 15 is 0 Å². The number of hydrogen-bond donors (Lipinski definition) is 1. The Morgan fingerprint density at radius 2 is 1.80 bits per heavy atom. The third kappa shape index (κ3) is 2.72. The second-order valence-electron chi connectivity index (χ2n) is 4.68. The van der Waals surface area contributed by atoms with Gasteiger partial charge in [-0.15, -0.1) is 11.3 Å². The maximum Gasteiger partial charge on any atom is 0.265 e. The van der Waals surface area contributed by atoms with Crippen molar-refractivity contribution in [3.05, 3.63) is 45.6 Å². The van der Waals surface area contributed by atoms with Gasteiger partial charge in [0, 0.05) is 7.05 Å². The van der Waals surface area contributed by atoms with E-state index in [-0.39, 0.29) is 11.5 Å². The Bertz CT molecular complexity index is 700. The first kappa shape index (κ1) is 15.0. The first-order chi connectivity index (χ1) is 9.36. The lowest BCUT2D eigenvalue weighted by Gasteiger charge is -2.20. The van der Waals surface area contributed by atoms with E-state index in [0.717, 1.165) is 11.1 Å². The molecule has 0 amide bonds. The minimum atomic E-state index is -3.64. The normalized spacial score (nSPS) is 11.6. The predicted octanol–water partition coefficient (Wildman–Crippen LogP) is 2.68. The Morgan fingerprint density at radius 1 is 1.20 bits per heavy atom. The van der Waals surface area contributed by atoms with Crippen LogP contribution in [-0.4, -0.2) is 20.6 Å². The number of sulfonamides is 1. The van der Waals surface area contributed by atoms with Crippen LogP contribution in [0.25, 0.3) is 0 Å². The molecule has 6 heteroatoms. The van der Waals surface area contributed by atoms with Crippen LogP contribution in [0.5, 0.6) is 0 Å². The third-order valence-electron chi connectivity index (χ3n) is 3.06. The molecule has 0 spiro atoms. The zero-order valence-electron chi connectivity index (χ0n) is 11.6. The van der Waals surface area contributed by atoms with Crippen LogP contribution in [0, 0.1) is 13.8 Å². The molecular weight excluding hydrogens is 294 g/mol. The van der Waals surface area contributed by atoms with E-state index in [1.165, 1.54) is 28.8 Å². The van der Waals surface area contributed by atoms with Crippen LogP contribution in [0.15, 0.2) is 34.5 Å². The molecule has 0 aliphatic heterocycles. The lowest BCUT2D eigenvalue weighted by molar-refractivity contribution is 0.282. The molecule has 0 aliphatic carbocycles. The minimum Gasteiger partial charge on any atom is -0.391 e. The van der Waals surface area contributed by atoms with Gasteiger partial charge < -0.3 is 5.11 Å². The number of anilines is 1. The molecule has 2 rings (SSSR count). The van der Waals surface area contributed by atoms with Gasteiger partial charge in [0.25, 0.3) is 10.0 Å². The van der Waals surface area contributed by atoms with Crippen LogP contribution in [0.4, 0.5) is 5.69 Å². The Hall–Kier alpha value is -1.37. The van der Waals surface area contributed by atoms with E-state index < -0.39 is 10.0 Å². The second-order valence-corrected chi connectivity index (χ2v) is 7.62. The summed E-state index contributed by atoms with van der Waals surface area (Å²) >= 11 is 1.24. The molecule has 108 valence electrons. The standard InChI is InChI=1S/C14H17NO3S2/c1-10-6-11(2)8-12(7-10)15(3)20(17,18)14-4-5-19-13(14)9-16/h4-8,16H,9H2,1-3H3. The third-order valence-corrected chi connectivity index (χ3v) is 5.96. The van der Waals surface area contributed by atoms with E-state index in [4.69, 9.17) is 0 Å². The molecule has 0 atom stereocenters. The fourth-order valence-corrected chi connectivity index (χ4v) is 4.54. The van der Waals surface area contributed by atoms with Crippen LogP contribution in [-0.2, 0) is 16.6 Å². The van der Waals surface area contributed by atoms with Crippen LogP contribution in [0.1, 0.15) is 16.0 Å². The van der Waals surface area contributed by atoms with E-state index in [1.807, 2.05) is 32.0 Å². The maximum atomic E-state index is 12.6. The smallest absolute Gasteiger partial charge is 0.265 e. The molecule has 1 heterocycles. The summed E-state index contributed by atoms with van der Waals surface area (Å²) in [7, 11) is -2.11. The molecule has 0 saturated heterocycles. The summed E-state index contributed by atoms with van der Waals surface area (Å²) in [6, 6.07) is 7.18. The quantitative estimate of drug-likeness (QED) is 0.944. The zero-order chi connectivity index (χ0) is 14.9. The van der Waals surface area contributed by atoms with Gasteiger partial charge >= 0.3 is 0 Å². The molecule has 2 aromatic rings. The summed E-state index contributed by atoms with van der Waals surface area (Å²) in [4.78, 5) is 0.632. The number of rotatable bonds is 4. The van der Waals surface area contributed by atoms with Crippen molar-refractivity contribution in [1.29, 1.82) is 0 Å². The van der Waals surface area contributed by atoms with Crippen molar-refractivity contribution in [2.24, 2.45) is 0 Å². The van der Waals surface area contributed by atoms with Crippen LogP contribution in [0.2, 0.25) is 0 Å². The molecule has 0 aliphatic rings. The van der Waals surface area contributed by atoms with E-state index in [1.54, 1.807) is 5.38 Å². The number of aryl methyl sites for hydroxylation is 2. The largest absolute Gasteiger partial charge is 0.391 e. The molecule has 1 N–H and O–H groups in total. The molecule has 1 aromatic heterocycles. The van der Waals surface area contributed by atoms with E-state index in [9.17, 15) is 13.5 Å². The highest BCUT2D eigenvalue weighted by Gasteiger charge is 2.25. The summed E-state index contributed by atoms with van der Waals surface area (Å²) < 4.78 is 26.5. The Labute approximate surface area is 123 Å². The number of aliphatic hydroxyl groups excluding tert-OH is 1. The average Bonchev–Trinajstić information content (AvgIpc) is 2.85. The van der Waals surface area contributed by atoms with Crippen LogP contribution >= 0.6 is 11.3 Å². The number of hydrogen-bond acceptors (Lipinski definition) is 4. The van der Waals surface area contributed by atoms with Gasteiger partial charge in [0.1, 0.15) is 4.90 Å². The van der Waals surface area contributed by atoms with Gasteiger partial charge in [-0.3, -0.25) is 4.31 Å². The summed E-state index contributed by atoms with van der Waals surface area (Å²) in [5.74, 6) is 0. The number of aliphatic hydroxyl groups is 1. The predicted molar refractivity (Wildman–Crippen MR) is 81.7 cm³/mol. The maximum absolute atomic E-state index is 12.6. The molecule has 0 fully saturated rings. The highest BCUT2D eigenvalue weighted by molar-refractivity contribution is 7.93. The molecule has 0 unspecified atom stereocenters. The lowest BCUT2D eigenvalue weighted by atomic mass is 10.1. The van der Waals surface area contributed by atoms with Crippen LogP contribution in [0.3, 0.4) is 0 Å². The van der Waals surface area contributed by atoms with E-state index in [0.29, 0.717) is 10.6 Å². The summed E-state index contributed by atoms with van der Waals surface area (Å²) in [5, 5.41) is 10.9. The van der Waals surface area contributed by atoms with Gasteiger partial charge in [0.05, 0.1) is 17.2 Å². The molecular formula is C14H17NO3S2. The first-order valence-corrected chi connectivity index (χ1v) is 8.42. The van der Waals surface area contributed by atoms with Gasteiger partial charge in [-0.25, -0.2) is 8.42 Å². The number of nitrogens with zero attached hydrogens (tertiary/aromatic N) is 1. The molecule has 20 heavy (non-hydrogen) atoms. The average molecular weight is 311 g/mol. The summed E-state index contributed by atoms with van der Waals surface area (Å²) in [6.07, 6.45) is 0. The molecule has 4 nitrogen and oxygen atoms in total. The fourth-order valence-electron chi connectivity index (χ4n) is 2.09. The van der Waals surface area contributed by atoms with Crippen LogP contribution < -0.4 is 4.31 Å². The zero-order valence-corrected chi connectivity index (χ0v) is 13.3. The monoisotopic (exact) mass is 311 g/mol. The van der Waals surface area contributed by atoms with E-state index in [2.05, 4.69) is 0 Å². The Kier molecular flexibility index (Phi) is 4.17. The van der Waals surface area contributed by atoms with Crippen molar-refractivity contribution in [2.45, 2.75) is 25.3 Å². The number of thiophene rings is 1. The minimum absolute atomic E-state index is 0.173. The van der Waals surface area contributed by atoms with Crippen molar-refractivity contribution in [2.75, 3.05) is 11.4 Å². The first-order valence-electron chi connectivity index (χ1n) is 6.10. The summed E-state index contributed by atoms with van der Waals surface area (Å²) in [6.45, 7) is 3.59. The molecule has 1 aromatic carbocycles. The molecule has 0 radical (unpaired) electrons. The Morgan fingerprint density at radius 3 is 2.35 bits per heavy atom. The van der Waals surface area contributed by atoms with Crippen molar-refractivity contribution in [3.8, 4) is 0 Å². The highest BCUT2D eigenvalue weighted by atomic mass is 32.2. The number of benzene rings is 1. The van der Waals surface area contributed by atoms with Crippen molar-refractivity contribution < 1.29 is 13.5 Å². The molecule has 0 bridgehead atoms. The van der Waals surface area contributed by atoms with Crippen molar-refractivity contribution >= 4 is 27.0 Å². The highest BCUT2D eigenvalue weighted by Crippen LogP contribution is 2.28. The second kappa shape index (κ2) is 5.55. The Balaban J connectivity index is 2.49.